The fourth-order valence-corrected chi connectivity index (χ4v) is 10.8. The molecular weight excluding hydrogens is 918 g/mol. The standard InChI is InChI=1S/C72H61BN3/c1-71(2,3)56-35-26-50(27-36-56)52-32-41-61(42-33-52)76-68-45-34-54(53-28-37-57(38-29-53)72(4,5)6)47-66(68)73-69-65(46-55-20-16-17-25-63(55)70(69)76)64-48-62(75(59-21-12-8-13-22-59)60-23-14-9-15-24-60)43-44-67(64)74-58-39-30-51(31-40-58)49-18-10-7-11-19-49/h7-48,74H,1-6H3. The van der Waals surface area contributed by atoms with Crippen LogP contribution in [-0.4, -0.2) is 7.28 Å². The molecular formula is C72H61BN3. The summed E-state index contributed by atoms with van der Waals surface area (Å²) in [5.74, 6) is 0. The van der Waals surface area contributed by atoms with E-state index in [2.05, 4.69) is 319 Å². The number of benzene rings is 11. The topological polar surface area (TPSA) is 18.5 Å². The Morgan fingerprint density at radius 1 is 0.395 bits per heavy atom. The van der Waals surface area contributed by atoms with Gasteiger partial charge in [0.05, 0.1) is 0 Å². The normalized spacial score (nSPS) is 12.2. The van der Waals surface area contributed by atoms with Crippen LogP contribution >= 0.6 is 0 Å². The van der Waals surface area contributed by atoms with Crippen molar-refractivity contribution < 1.29 is 0 Å². The molecule has 0 saturated carbocycles. The van der Waals surface area contributed by atoms with Gasteiger partial charge in [0, 0.05) is 56.4 Å². The van der Waals surface area contributed by atoms with E-state index in [-0.39, 0.29) is 10.8 Å². The van der Waals surface area contributed by atoms with Crippen LogP contribution < -0.4 is 26.0 Å². The molecule has 0 saturated heterocycles. The lowest BCUT2D eigenvalue weighted by atomic mass is 9.57. The van der Waals surface area contributed by atoms with Gasteiger partial charge in [-0.05, 0) is 151 Å². The lowest BCUT2D eigenvalue weighted by Gasteiger charge is -2.36. The fraction of sp³-hybridized carbons (Fsp3) is 0.111. The van der Waals surface area contributed by atoms with Crippen LogP contribution in [0.5, 0.6) is 0 Å². The van der Waals surface area contributed by atoms with Gasteiger partial charge in [-0.2, -0.15) is 0 Å². The number of para-hydroxylation sites is 2. The molecule has 0 fully saturated rings. The lowest BCUT2D eigenvalue weighted by molar-refractivity contribution is 0.590. The number of nitrogens with one attached hydrogen (secondary N) is 1. The Balaban J connectivity index is 1.07. The minimum Gasteiger partial charge on any atom is -0.355 e. The highest BCUT2D eigenvalue weighted by molar-refractivity contribution is 6.74. The van der Waals surface area contributed by atoms with Gasteiger partial charge >= 0.3 is 0 Å². The highest BCUT2D eigenvalue weighted by Crippen LogP contribution is 2.46. The van der Waals surface area contributed by atoms with Gasteiger partial charge in [0.1, 0.15) is 0 Å². The van der Waals surface area contributed by atoms with Gasteiger partial charge in [-0.15, -0.1) is 0 Å². The molecule has 367 valence electrons. The van der Waals surface area contributed by atoms with Crippen LogP contribution in [0.25, 0.3) is 55.3 Å². The van der Waals surface area contributed by atoms with Gasteiger partial charge in [-0.1, -0.05) is 223 Å². The summed E-state index contributed by atoms with van der Waals surface area (Å²) in [6.07, 6.45) is 0. The van der Waals surface area contributed by atoms with Crippen molar-refractivity contribution >= 4 is 74.5 Å². The first-order chi connectivity index (χ1) is 36.9. The van der Waals surface area contributed by atoms with Gasteiger partial charge in [0.2, 0.25) is 0 Å². The first-order valence-corrected chi connectivity index (χ1v) is 26.6. The van der Waals surface area contributed by atoms with Gasteiger partial charge in [-0.3, -0.25) is 0 Å². The lowest BCUT2D eigenvalue weighted by Crippen LogP contribution is -2.41. The monoisotopic (exact) mass is 978 g/mol. The largest absolute Gasteiger partial charge is 0.355 e. The highest BCUT2D eigenvalue weighted by atomic mass is 15.2. The van der Waals surface area contributed by atoms with Crippen LogP contribution in [0.2, 0.25) is 0 Å². The molecule has 3 nitrogen and oxygen atoms in total. The van der Waals surface area contributed by atoms with E-state index in [9.17, 15) is 0 Å². The summed E-state index contributed by atoms with van der Waals surface area (Å²) in [4.78, 5) is 4.87. The molecule has 11 aromatic rings. The first-order valence-electron chi connectivity index (χ1n) is 26.6. The highest BCUT2D eigenvalue weighted by Gasteiger charge is 2.31. The number of anilines is 8. The third kappa shape index (κ3) is 9.48. The Morgan fingerprint density at radius 3 is 1.46 bits per heavy atom. The van der Waals surface area contributed by atoms with Crippen molar-refractivity contribution in [3.63, 3.8) is 0 Å². The summed E-state index contributed by atoms with van der Waals surface area (Å²) >= 11 is 0. The summed E-state index contributed by atoms with van der Waals surface area (Å²) in [5.41, 5.74) is 23.1. The van der Waals surface area contributed by atoms with Crippen molar-refractivity contribution in [2.75, 3.05) is 15.1 Å². The van der Waals surface area contributed by atoms with Gasteiger partial charge < -0.3 is 15.1 Å². The van der Waals surface area contributed by atoms with E-state index in [4.69, 9.17) is 0 Å². The number of hydrogen-bond acceptors (Lipinski definition) is 3. The van der Waals surface area contributed by atoms with Crippen LogP contribution in [-0.2, 0) is 10.8 Å². The summed E-state index contributed by atoms with van der Waals surface area (Å²) in [6, 6.07) is 93.3. The Morgan fingerprint density at radius 2 is 0.882 bits per heavy atom. The summed E-state index contributed by atoms with van der Waals surface area (Å²) in [6.45, 7) is 13.6. The summed E-state index contributed by atoms with van der Waals surface area (Å²) < 4.78 is 0. The van der Waals surface area contributed by atoms with E-state index in [0.717, 1.165) is 72.9 Å². The fourth-order valence-electron chi connectivity index (χ4n) is 10.8. The van der Waals surface area contributed by atoms with Crippen molar-refractivity contribution in [2.45, 2.75) is 52.4 Å². The maximum Gasteiger partial charge on any atom is 0.197 e. The van der Waals surface area contributed by atoms with Crippen molar-refractivity contribution in [1.82, 2.24) is 0 Å². The van der Waals surface area contributed by atoms with Crippen molar-refractivity contribution in [2.24, 2.45) is 0 Å². The Bertz CT molecular complexity index is 3800. The molecule has 1 radical (unpaired) electrons. The van der Waals surface area contributed by atoms with Crippen molar-refractivity contribution in [3.8, 4) is 44.5 Å². The molecule has 11 aromatic carbocycles. The van der Waals surface area contributed by atoms with E-state index in [1.165, 1.54) is 49.9 Å². The van der Waals surface area contributed by atoms with Gasteiger partial charge in [0.25, 0.3) is 0 Å². The van der Waals surface area contributed by atoms with Crippen LogP contribution in [0.3, 0.4) is 0 Å². The Hall–Kier alpha value is -8.86. The van der Waals surface area contributed by atoms with Crippen molar-refractivity contribution in [1.29, 1.82) is 0 Å². The zero-order valence-corrected chi connectivity index (χ0v) is 44.2. The van der Waals surface area contributed by atoms with E-state index in [1.807, 2.05) is 0 Å². The third-order valence-electron chi connectivity index (χ3n) is 15.0. The molecule has 0 spiro atoms. The third-order valence-corrected chi connectivity index (χ3v) is 15.0. The zero-order chi connectivity index (χ0) is 52.0. The Kier molecular flexibility index (Phi) is 12.5. The predicted molar refractivity (Wildman–Crippen MR) is 327 cm³/mol. The molecule has 1 N–H and O–H groups in total. The number of nitrogens with zero attached hydrogens (tertiary/aromatic N) is 2. The number of hydrogen-bond donors (Lipinski definition) is 1. The number of rotatable bonds is 10. The molecule has 0 unspecified atom stereocenters. The maximum atomic E-state index is 3.95. The molecule has 4 heteroatoms. The molecule has 1 heterocycles. The first kappa shape index (κ1) is 48.1. The predicted octanol–water partition coefficient (Wildman–Crippen LogP) is 18.8. The average Bonchev–Trinajstić information content (AvgIpc) is 3.46. The van der Waals surface area contributed by atoms with E-state index in [0.29, 0.717) is 0 Å². The SMILES string of the molecule is CC(C)(C)c1ccc(-c2ccc(N3c4ccc(-c5ccc(C(C)(C)C)cc5)cc4[B]c4c(-c5cc(N(c6ccccc6)c6ccccc6)ccc5Nc5ccc(-c6ccccc6)cc5)cc5ccccc5c43)cc2)cc1. The van der Waals surface area contributed by atoms with Crippen LogP contribution in [0.4, 0.5) is 45.5 Å². The molecule has 0 aromatic heterocycles. The minimum atomic E-state index is 0.0623. The zero-order valence-electron chi connectivity index (χ0n) is 44.2. The van der Waals surface area contributed by atoms with Gasteiger partial charge in [-0.25, -0.2) is 0 Å². The minimum absolute atomic E-state index is 0.0623. The molecule has 0 atom stereocenters. The van der Waals surface area contributed by atoms with Crippen LogP contribution in [0.1, 0.15) is 52.7 Å². The maximum absolute atomic E-state index is 3.95. The second-order valence-corrected chi connectivity index (χ2v) is 22.2. The van der Waals surface area contributed by atoms with Gasteiger partial charge in [0.15, 0.2) is 7.28 Å². The quantitative estimate of drug-likeness (QED) is 0.138. The van der Waals surface area contributed by atoms with Crippen LogP contribution in [0, 0.1) is 0 Å². The molecule has 12 rings (SSSR count). The van der Waals surface area contributed by atoms with E-state index < -0.39 is 0 Å². The molecule has 0 bridgehead atoms. The van der Waals surface area contributed by atoms with E-state index in [1.54, 1.807) is 0 Å². The molecule has 0 amide bonds. The number of fused-ring (bicyclic) bond motifs is 4. The van der Waals surface area contributed by atoms with E-state index >= 15 is 0 Å². The average molecular weight is 979 g/mol. The second kappa shape index (κ2) is 19.8. The summed E-state index contributed by atoms with van der Waals surface area (Å²) in [5, 5.41) is 6.29. The molecule has 76 heavy (non-hydrogen) atoms. The second-order valence-electron chi connectivity index (χ2n) is 22.2. The summed E-state index contributed by atoms with van der Waals surface area (Å²) in [7, 11) is 2.44. The smallest absolute Gasteiger partial charge is 0.197 e. The molecule has 0 aliphatic carbocycles. The Labute approximate surface area is 450 Å². The molecule has 1 aliphatic rings. The molecule has 1 aliphatic heterocycles. The van der Waals surface area contributed by atoms with Crippen molar-refractivity contribution in [3.05, 3.63) is 266 Å². The van der Waals surface area contributed by atoms with Crippen LogP contribution in [0.15, 0.2) is 255 Å².